The van der Waals surface area contributed by atoms with Gasteiger partial charge in [-0.3, -0.25) is 4.79 Å². The van der Waals surface area contributed by atoms with Gasteiger partial charge in [0.15, 0.2) is 5.02 Å². The number of nitro groups is 1. The van der Waals surface area contributed by atoms with E-state index in [2.05, 4.69) is 15.6 Å². The Morgan fingerprint density at radius 3 is 3.05 bits per heavy atom. The normalized spacial score (nSPS) is 11.0. The van der Waals surface area contributed by atoms with Crippen molar-refractivity contribution >= 4 is 29.5 Å². The number of hydrogen-bond acceptors (Lipinski definition) is 6. The molecule has 9 nitrogen and oxygen atoms in total. The molecule has 0 saturated heterocycles. The van der Waals surface area contributed by atoms with Crippen molar-refractivity contribution in [2.24, 2.45) is 5.10 Å². The number of rotatable bonds is 5. The Labute approximate surface area is 123 Å². The van der Waals surface area contributed by atoms with Crippen LogP contribution in [0.25, 0.3) is 0 Å². The van der Waals surface area contributed by atoms with E-state index in [1.165, 1.54) is 24.0 Å². The summed E-state index contributed by atoms with van der Waals surface area (Å²) in [5.41, 5.74) is 2.24. The van der Waals surface area contributed by atoms with Crippen LogP contribution in [0.5, 0.6) is 0 Å². The maximum absolute atomic E-state index is 10.6. The summed E-state index contributed by atoms with van der Waals surface area (Å²) in [6.07, 6.45) is 2.68. The number of halogens is 1. The zero-order valence-corrected chi connectivity index (χ0v) is 11.6. The van der Waals surface area contributed by atoms with Gasteiger partial charge in [0.25, 0.3) is 0 Å². The number of aromatic nitrogens is 2. The van der Waals surface area contributed by atoms with E-state index in [0.29, 0.717) is 11.5 Å². The molecule has 2 rings (SSSR count). The second-order valence-corrected chi connectivity index (χ2v) is 4.39. The highest BCUT2D eigenvalue weighted by atomic mass is 35.5. The molecule has 0 fully saturated rings. The van der Waals surface area contributed by atoms with E-state index >= 15 is 0 Å². The van der Waals surface area contributed by atoms with Gasteiger partial charge in [-0.25, -0.2) is 5.43 Å². The molecule has 0 aliphatic heterocycles. The second kappa shape index (κ2) is 6.18. The number of carbonyl (C=O) groups is 1. The lowest BCUT2D eigenvalue weighted by Gasteiger charge is -1.92. The smallest absolute Gasteiger partial charge is 0.408 e. The molecule has 2 aromatic rings. The van der Waals surface area contributed by atoms with E-state index in [4.69, 9.17) is 16.0 Å². The van der Waals surface area contributed by atoms with Crippen molar-refractivity contribution in [2.75, 3.05) is 0 Å². The van der Waals surface area contributed by atoms with Gasteiger partial charge in [-0.2, -0.15) is 9.78 Å². The molecule has 0 aromatic carbocycles. The fourth-order valence-electron chi connectivity index (χ4n) is 1.49. The van der Waals surface area contributed by atoms with Crippen molar-refractivity contribution in [3.8, 4) is 0 Å². The molecule has 1 N–H and O–H groups in total. The van der Waals surface area contributed by atoms with Crippen LogP contribution in [0.1, 0.15) is 18.4 Å². The van der Waals surface area contributed by atoms with Crippen LogP contribution in [0.2, 0.25) is 5.02 Å². The molecule has 0 radical (unpaired) electrons. The minimum Gasteiger partial charge on any atom is -0.458 e. The second-order valence-electron chi connectivity index (χ2n) is 3.99. The van der Waals surface area contributed by atoms with Crippen LogP contribution in [0.4, 0.5) is 5.82 Å². The Morgan fingerprint density at radius 1 is 1.67 bits per heavy atom. The maximum Gasteiger partial charge on any atom is 0.408 e. The molecule has 0 atom stereocenters. The zero-order valence-electron chi connectivity index (χ0n) is 10.8. The molecular weight excluding hydrogens is 302 g/mol. The minimum absolute atomic E-state index is 0.0426. The Bertz CT molecular complexity index is 705. The summed E-state index contributed by atoms with van der Waals surface area (Å²) in [6, 6.07) is 3.30. The van der Waals surface area contributed by atoms with E-state index in [0.717, 1.165) is 0 Å². The van der Waals surface area contributed by atoms with Gasteiger partial charge in [0.05, 0.1) is 17.5 Å². The molecule has 1 amide bonds. The summed E-state index contributed by atoms with van der Waals surface area (Å²) in [4.78, 5) is 20.6. The quantitative estimate of drug-likeness (QED) is 0.511. The zero-order chi connectivity index (χ0) is 15.4. The van der Waals surface area contributed by atoms with E-state index < -0.39 is 10.7 Å². The van der Waals surface area contributed by atoms with Crippen LogP contribution < -0.4 is 5.43 Å². The third-order valence-electron chi connectivity index (χ3n) is 2.29. The lowest BCUT2D eigenvalue weighted by molar-refractivity contribution is -0.389. The molecule has 2 aromatic heterocycles. The van der Waals surface area contributed by atoms with E-state index in [-0.39, 0.29) is 17.5 Å². The predicted octanol–water partition coefficient (Wildman–Crippen LogP) is 1.56. The van der Waals surface area contributed by atoms with Crippen LogP contribution in [0.15, 0.2) is 27.8 Å². The molecule has 2 heterocycles. The van der Waals surface area contributed by atoms with Crippen molar-refractivity contribution in [1.29, 1.82) is 0 Å². The summed E-state index contributed by atoms with van der Waals surface area (Å²) in [6.45, 7) is 1.51. The van der Waals surface area contributed by atoms with Crippen molar-refractivity contribution in [2.45, 2.75) is 13.5 Å². The standard InChI is InChI=1S/C11H10ClN5O4/c1-7(18)14-13-4-8-2-3-9(21-8)5-16-6-10(12)11(15-16)17(19)20/h2-4,6H,5H2,1H3,(H,14,18). The molecule has 0 aliphatic rings. The first-order chi connectivity index (χ1) is 9.95. The molecule has 10 heteroatoms. The van der Waals surface area contributed by atoms with Gasteiger partial charge >= 0.3 is 5.82 Å². The molecule has 0 spiro atoms. The van der Waals surface area contributed by atoms with Gasteiger partial charge in [-0.05, 0) is 17.1 Å². The number of amides is 1. The predicted molar refractivity (Wildman–Crippen MR) is 73.1 cm³/mol. The molecule has 0 aliphatic carbocycles. The third-order valence-corrected chi connectivity index (χ3v) is 2.55. The summed E-state index contributed by atoms with van der Waals surface area (Å²) in [5.74, 6) is 0.229. The summed E-state index contributed by atoms with van der Waals surface area (Å²) in [7, 11) is 0. The maximum atomic E-state index is 10.6. The third kappa shape index (κ3) is 3.89. The van der Waals surface area contributed by atoms with Gasteiger partial charge in [0, 0.05) is 6.92 Å². The van der Waals surface area contributed by atoms with Crippen molar-refractivity contribution in [1.82, 2.24) is 15.2 Å². The highest BCUT2D eigenvalue weighted by Crippen LogP contribution is 2.22. The Balaban J connectivity index is 2.05. The fourth-order valence-corrected chi connectivity index (χ4v) is 1.71. The van der Waals surface area contributed by atoms with Crippen LogP contribution in [-0.2, 0) is 11.3 Å². The van der Waals surface area contributed by atoms with Gasteiger partial charge < -0.3 is 14.5 Å². The number of hydrogen-bond donors (Lipinski definition) is 1. The number of hydrazone groups is 1. The van der Waals surface area contributed by atoms with Crippen molar-refractivity contribution in [3.05, 3.63) is 45.0 Å². The van der Waals surface area contributed by atoms with Crippen LogP contribution in [0, 0.1) is 10.1 Å². The summed E-state index contributed by atoms with van der Waals surface area (Å²) in [5, 5.41) is 18.0. The molecule has 0 saturated carbocycles. The average Bonchev–Trinajstić information content (AvgIpc) is 2.96. The minimum atomic E-state index is -0.660. The molecule has 0 unspecified atom stereocenters. The lowest BCUT2D eigenvalue weighted by atomic mass is 10.4. The monoisotopic (exact) mass is 311 g/mol. The Hall–Kier alpha value is -2.68. The Kier molecular flexibility index (Phi) is 4.33. The highest BCUT2D eigenvalue weighted by molar-refractivity contribution is 6.32. The molecule has 110 valence electrons. The topological polar surface area (TPSA) is 116 Å². The number of nitrogens with zero attached hydrogens (tertiary/aromatic N) is 4. The first-order valence-corrected chi connectivity index (χ1v) is 6.09. The van der Waals surface area contributed by atoms with Crippen LogP contribution in [0.3, 0.4) is 0 Å². The number of furan rings is 1. The molecule has 0 bridgehead atoms. The Morgan fingerprint density at radius 2 is 2.43 bits per heavy atom. The first-order valence-electron chi connectivity index (χ1n) is 5.71. The van der Waals surface area contributed by atoms with Crippen LogP contribution >= 0.6 is 11.6 Å². The highest BCUT2D eigenvalue weighted by Gasteiger charge is 2.19. The largest absolute Gasteiger partial charge is 0.458 e. The number of carbonyl (C=O) groups excluding carboxylic acids is 1. The molecular formula is C11H10ClN5O4. The first kappa shape index (κ1) is 14.7. The SMILES string of the molecule is CC(=O)NN=Cc1ccc(Cn2cc(Cl)c([N+](=O)[O-])n2)o1. The van der Waals surface area contributed by atoms with E-state index in [9.17, 15) is 14.9 Å². The molecule has 21 heavy (non-hydrogen) atoms. The van der Waals surface area contributed by atoms with E-state index in [1.807, 2.05) is 0 Å². The van der Waals surface area contributed by atoms with Gasteiger partial charge in [0.1, 0.15) is 18.1 Å². The summed E-state index contributed by atoms with van der Waals surface area (Å²) >= 11 is 5.69. The van der Waals surface area contributed by atoms with E-state index in [1.54, 1.807) is 12.1 Å². The fraction of sp³-hybridized carbons (Fsp3) is 0.182. The number of nitrogens with one attached hydrogen (secondary N) is 1. The van der Waals surface area contributed by atoms with Gasteiger partial charge in [0.2, 0.25) is 5.91 Å². The van der Waals surface area contributed by atoms with Gasteiger partial charge in [-0.15, -0.1) is 0 Å². The van der Waals surface area contributed by atoms with Crippen molar-refractivity contribution < 1.29 is 14.1 Å². The summed E-state index contributed by atoms with van der Waals surface area (Å²) < 4.78 is 6.70. The lowest BCUT2D eigenvalue weighted by Crippen LogP contribution is -2.12. The van der Waals surface area contributed by atoms with Crippen molar-refractivity contribution in [3.63, 3.8) is 0 Å². The van der Waals surface area contributed by atoms with Gasteiger partial charge in [-0.1, -0.05) is 11.6 Å². The van der Waals surface area contributed by atoms with Crippen LogP contribution in [-0.4, -0.2) is 26.8 Å². The average molecular weight is 312 g/mol.